The van der Waals surface area contributed by atoms with Crippen molar-refractivity contribution in [2.45, 2.75) is 18.8 Å². The molecule has 2 amide bonds. The maximum Gasteiger partial charge on any atom is 0.507 e. The number of likely N-dealkylation sites (tertiary alicyclic amines) is 1. The summed E-state index contributed by atoms with van der Waals surface area (Å²) >= 11 is 5.77. The van der Waals surface area contributed by atoms with Gasteiger partial charge in [-0.25, -0.2) is 9.59 Å². The van der Waals surface area contributed by atoms with Crippen LogP contribution in [-0.2, 0) is 9.47 Å². The first-order valence-corrected chi connectivity index (χ1v) is 6.63. The van der Waals surface area contributed by atoms with Gasteiger partial charge in [-0.15, -0.1) is 0 Å². The monoisotopic (exact) mass is 314 g/mol. The summed E-state index contributed by atoms with van der Waals surface area (Å²) in [5, 5.41) is 11.9. The highest BCUT2D eigenvalue weighted by Gasteiger charge is 2.38. The fraction of sp³-hybridized carbons (Fsp3) is 0.385. The molecule has 2 atom stereocenters. The van der Waals surface area contributed by atoms with Crippen molar-refractivity contribution in [3.8, 4) is 0 Å². The summed E-state index contributed by atoms with van der Waals surface area (Å²) in [5.74, 6) is 0. The molecule has 0 aliphatic carbocycles. The number of nitrogens with zero attached hydrogens (tertiary/aromatic N) is 1. The second kappa shape index (κ2) is 6.64. The van der Waals surface area contributed by atoms with Crippen LogP contribution in [-0.4, -0.2) is 48.2 Å². The molecule has 1 aliphatic rings. The summed E-state index contributed by atoms with van der Waals surface area (Å²) < 4.78 is 9.87. The first-order valence-electron chi connectivity index (χ1n) is 6.25. The summed E-state index contributed by atoms with van der Waals surface area (Å²) in [6, 6.07) is 6.13. The number of methoxy groups -OCH3 is 1. The van der Waals surface area contributed by atoms with Gasteiger partial charge in [-0.2, -0.15) is 0 Å². The zero-order chi connectivity index (χ0) is 15.4. The van der Waals surface area contributed by atoms with Gasteiger partial charge in [0.25, 0.3) is 0 Å². The van der Waals surface area contributed by atoms with E-state index in [0.717, 1.165) is 0 Å². The predicted octanol–water partition coefficient (Wildman–Crippen LogP) is 2.61. The molecule has 0 unspecified atom stereocenters. The number of benzene rings is 1. The number of hydrogen-bond acceptors (Lipinski definition) is 4. The third-order valence-corrected chi connectivity index (χ3v) is 3.39. The Hall–Kier alpha value is -1.99. The molecule has 0 saturated carbocycles. The van der Waals surface area contributed by atoms with E-state index in [1.807, 2.05) is 0 Å². The van der Waals surface area contributed by atoms with Gasteiger partial charge >= 0.3 is 12.2 Å². The van der Waals surface area contributed by atoms with Gasteiger partial charge in [-0.1, -0.05) is 11.6 Å². The van der Waals surface area contributed by atoms with Crippen molar-refractivity contribution in [2.75, 3.05) is 19.0 Å². The fourth-order valence-corrected chi connectivity index (χ4v) is 2.23. The standard InChI is InChI=1S/C13H15ClN2O5/c1-20-10-6-11(21-13(18)19)16(7-10)12(17)15-9-4-2-8(14)3-5-9/h2-5,10-11H,6-7H2,1H3,(H,15,17)(H,18,19)/t10-,11-/m1/s1. The third kappa shape index (κ3) is 3.99. The Morgan fingerprint density at radius 1 is 1.38 bits per heavy atom. The molecule has 1 aromatic rings. The van der Waals surface area contributed by atoms with Gasteiger partial charge in [0, 0.05) is 24.2 Å². The Morgan fingerprint density at radius 2 is 2.05 bits per heavy atom. The molecule has 7 nitrogen and oxygen atoms in total. The van der Waals surface area contributed by atoms with E-state index < -0.39 is 18.4 Å². The van der Waals surface area contributed by atoms with Gasteiger partial charge in [0.2, 0.25) is 0 Å². The molecule has 1 heterocycles. The van der Waals surface area contributed by atoms with E-state index in [4.69, 9.17) is 26.2 Å². The van der Waals surface area contributed by atoms with Crippen LogP contribution in [0.25, 0.3) is 0 Å². The number of anilines is 1. The van der Waals surface area contributed by atoms with Gasteiger partial charge in [-0.05, 0) is 24.3 Å². The van der Waals surface area contributed by atoms with Crippen LogP contribution in [0.1, 0.15) is 6.42 Å². The lowest BCUT2D eigenvalue weighted by Gasteiger charge is -2.23. The molecule has 2 N–H and O–H groups in total. The van der Waals surface area contributed by atoms with E-state index >= 15 is 0 Å². The topological polar surface area (TPSA) is 88.1 Å². The predicted molar refractivity (Wildman–Crippen MR) is 75.5 cm³/mol. The van der Waals surface area contributed by atoms with Crippen LogP contribution in [0.5, 0.6) is 0 Å². The lowest BCUT2D eigenvalue weighted by molar-refractivity contribution is 0.00317. The average molecular weight is 315 g/mol. The van der Waals surface area contributed by atoms with E-state index in [1.165, 1.54) is 12.0 Å². The number of carbonyl (C=O) groups excluding carboxylic acids is 1. The van der Waals surface area contributed by atoms with Crippen molar-refractivity contribution in [2.24, 2.45) is 0 Å². The van der Waals surface area contributed by atoms with Crippen LogP contribution in [0, 0.1) is 0 Å². The Kier molecular flexibility index (Phi) is 4.87. The van der Waals surface area contributed by atoms with Gasteiger partial charge in [0.05, 0.1) is 12.6 Å². The second-order valence-corrected chi connectivity index (χ2v) is 4.96. The number of carbonyl (C=O) groups is 2. The van der Waals surface area contributed by atoms with Crippen molar-refractivity contribution in [3.05, 3.63) is 29.3 Å². The van der Waals surface area contributed by atoms with E-state index in [-0.39, 0.29) is 12.6 Å². The summed E-state index contributed by atoms with van der Waals surface area (Å²) in [4.78, 5) is 24.2. The van der Waals surface area contributed by atoms with Crippen molar-refractivity contribution in [1.82, 2.24) is 4.90 Å². The first-order chi connectivity index (χ1) is 9.99. The Labute approximate surface area is 126 Å². The average Bonchev–Trinajstić information content (AvgIpc) is 2.83. The van der Waals surface area contributed by atoms with Crippen LogP contribution in [0.4, 0.5) is 15.3 Å². The molecule has 2 rings (SSSR count). The Balaban J connectivity index is 2.04. The molecule has 1 aromatic carbocycles. The van der Waals surface area contributed by atoms with E-state index in [0.29, 0.717) is 17.1 Å². The number of ether oxygens (including phenoxy) is 2. The third-order valence-electron chi connectivity index (χ3n) is 3.14. The molecule has 8 heteroatoms. The highest BCUT2D eigenvalue weighted by Crippen LogP contribution is 2.23. The minimum Gasteiger partial charge on any atom is -0.450 e. The van der Waals surface area contributed by atoms with Crippen LogP contribution >= 0.6 is 11.6 Å². The number of amides is 2. The van der Waals surface area contributed by atoms with Gasteiger partial charge < -0.3 is 19.9 Å². The van der Waals surface area contributed by atoms with Gasteiger partial charge in [0.15, 0.2) is 6.23 Å². The number of rotatable bonds is 3. The van der Waals surface area contributed by atoms with E-state index in [1.54, 1.807) is 24.3 Å². The normalized spacial score (nSPS) is 21.1. The van der Waals surface area contributed by atoms with Gasteiger partial charge in [-0.3, -0.25) is 4.90 Å². The molecule has 1 fully saturated rings. The van der Waals surface area contributed by atoms with Crippen molar-refractivity contribution in [3.63, 3.8) is 0 Å². The lowest BCUT2D eigenvalue weighted by atomic mass is 10.3. The Bertz CT molecular complexity index is 522. The highest BCUT2D eigenvalue weighted by molar-refractivity contribution is 6.30. The SMILES string of the molecule is CO[C@@H]1C[C@@H](OC(=O)O)N(C(=O)Nc2ccc(Cl)cc2)C1. The molecule has 1 saturated heterocycles. The Morgan fingerprint density at radius 3 is 2.62 bits per heavy atom. The van der Waals surface area contributed by atoms with Crippen LogP contribution in [0.3, 0.4) is 0 Å². The maximum absolute atomic E-state index is 12.2. The fourth-order valence-electron chi connectivity index (χ4n) is 2.10. The van der Waals surface area contributed by atoms with E-state index in [2.05, 4.69) is 5.32 Å². The van der Waals surface area contributed by atoms with Crippen LogP contribution in [0.2, 0.25) is 5.02 Å². The molecule has 0 bridgehead atoms. The highest BCUT2D eigenvalue weighted by atomic mass is 35.5. The molecule has 21 heavy (non-hydrogen) atoms. The van der Waals surface area contributed by atoms with Crippen molar-refractivity contribution < 1.29 is 24.2 Å². The molecule has 1 aliphatic heterocycles. The zero-order valence-corrected chi connectivity index (χ0v) is 12.0. The minimum absolute atomic E-state index is 0.258. The molecule has 0 radical (unpaired) electrons. The number of hydrogen-bond donors (Lipinski definition) is 2. The summed E-state index contributed by atoms with van der Waals surface area (Å²) in [6.07, 6.45) is -2.25. The number of nitrogens with one attached hydrogen (secondary N) is 1. The number of halogens is 1. The first kappa shape index (κ1) is 15.4. The van der Waals surface area contributed by atoms with Crippen molar-refractivity contribution in [1.29, 1.82) is 0 Å². The van der Waals surface area contributed by atoms with E-state index in [9.17, 15) is 9.59 Å². The largest absolute Gasteiger partial charge is 0.507 e. The molecule has 114 valence electrons. The number of carboxylic acid groups (broad SMARTS) is 1. The summed E-state index contributed by atoms with van der Waals surface area (Å²) in [6.45, 7) is 0.258. The maximum atomic E-state index is 12.2. The second-order valence-electron chi connectivity index (χ2n) is 4.52. The number of urea groups is 1. The quantitative estimate of drug-likeness (QED) is 0.837. The molecule has 0 spiro atoms. The minimum atomic E-state index is -1.43. The smallest absolute Gasteiger partial charge is 0.450 e. The molecular weight excluding hydrogens is 300 g/mol. The lowest BCUT2D eigenvalue weighted by Crippen LogP contribution is -2.41. The summed E-state index contributed by atoms with van der Waals surface area (Å²) in [5.41, 5.74) is 0.555. The summed E-state index contributed by atoms with van der Waals surface area (Å²) in [7, 11) is 1.50. The van der Waals surface area contributed by atoms with Gasteiger partial charge in [0.1, 0.15) is 0 Å². The van der Waals surface area contributed by atoms with Crippen molar-refractivity contribution >= 4 is 29.5 Å². The molecular formula is C13H15ClN2O5. The van der Waals surface area contributed by atoms with Crippen LogP contribution < -0.4 is 5.32 Å². The van der Waals surface area contributed by atoms with Crippen LogP contribution in [0.15, 0.2) is 24.3 Å². The zero-order valence-electron chi connectivity index (χ0n) is 11.3. The molecule has 0 aromatic heterocycles.